The van der Waals surface area contributed by atoms with Crippen molar-refractivity contribution in [3.05, 3.63) is 47.8 Å². The van der Waals surface area contributed by atoms with Crippen LogP contribution in [0.5, 0.6) is 0 Å². The van der Waals surface area contributed by atoms with Gasteiger partial charge in [0, 0.05) is 11.3 Å². The van der Waals surface area contributed by atoms with Crippen LogP contribution in [0, 0.1) is 6.92 Å². The van der Waals surface area contributed by atoms with Gasteiger partial charge in [0.2, 0.25) is 5.82 Å². The van der Waals surface area contributed by atoms with E-state index >= 15 is 0 Å². The Labute approximate surface area is 132 Å². The Kier molecular flexibility index (Phi) is 3.71. The predicted octanol–water partition coefficient (Wildman–Crippen LogP) is 1.80. The first-order valence-electron chi connectivity index (χ1n) is 6.90. The number of hydrogen-bond donors (Lipinski definition) is 2. The summed E-state index contributed by atoms with van der Waals surface area (Å²) in [4.78, 5) is 13.8. The summed E-state index contributed by atoms with van der Waals surface area (Å²) in [6.07, 6.45) is 3.02. The molecule has 1 aromatic carbocycles. The summed E-state index contributed by atoms with van der Waals surface area (Å²) in [5.41, 5.74) is 3.38. The van der Waals surface area contributed by atoms with Crippen molar-refractivity contribution in [2.75, 3.05) is 5.32 Å². The second kappa shape index (κ2) is 5.84. The fourth-order valence-electron chi connectivity index (χ4n) is 2.12. The molecule has 0 saturated carbocycles. The van der Waals surface area contributed by atoms with Gasteiger partial charge in [-0.25, -0.2) is 0 Å². The fourth-order valence-corrected chi connectivity index (χ4v) is 2.12. The summed E-state index contributed by atoms with van der Waals surface area (Å²) >= 11 is 0. The summed E-state index contributed by atoms with van der Waals surface area (Å²) < 4.78 is 0. The van der Waals surface area contributed by atoms with Crippen molar-refractivity contribution in [1.82, 2.24) is 30.4 Å². The van der Waals surface area contributed by atoms with E-state index in [1.165, 1.54) is 11.0 Å². The Morgan fingerprint density at radius 1 is 1.43 bits per heavy atom. The summed E-state index contributed by atoms with van der Waals surface area (Å²) in [5.74, 6) is 0.235. The van der Waals surface area contributed by atoms with Crippen LogP contribution in [0.1, 0.15) is 21.6 Å². The third kappa shape index (κ3) is 2.86. The van der Waals surface area contributed by atoms with E-state index in [1.807, 2.05) is 25.1 Å². The van der Waals surface area contributed by atoms with Crippen molar-refractivity contribution < 1.29 is 4.79 Å². The molecular formula is C15H15N7O. The number of aromatic amines is 1. The number of carbonyl (C=O) groups excluding carboxylic acids is 1. The molecular weight excluding hydrogens is 294 g/mol. The van der Waals surface area contributed by atoms with E-state index in [9.17, 15) is 4.79 Å². The Morgan fingerprint density at radius 3 is 2.96 bits per heavy atom. The van der Waals surface area contributed by atoms with Gasteiger partial charge in [-0.05, 0) is 29.8 Å². The minimum absolute atomic E-state index is 0.263. The first-order valence-corrected chi connectivity index (χ1v) is 6.90. The van der Waals surface area contributed by atoms with E-state index in [0.717, 1.165) is 11.1 Å². The van der Waals surface area contributed by atoms with Crippen LogP contribution in [0.3, 0.4) is 0 Å². The van der Waals surface area contributed by atoms with Crippen molar-refractivity contribution in [2.24, 2.45) is 7.05 Å². The number of H-pyrrole nitrogens is 1. The molecule has 3 aromatic rings. The zero-order valence-electron chi connectivity index (χ0n) is 12.7. The summed E-state index contributed by atoms with van der Waals surface area (Å²) in [5, 5.41) is 21.4. The highest BCUT2D eigenvalue weighted by molar-refractivity contribution is 6.06. The van der Waals surface area contributed by atoms with E-state index in [4.69, 9.17) is 0 Å². The molecule has 3 rings (SSSR count). The minimum atomic E-state index is -0.263. The number of aryl methyl sites for hydroxylation is 2. The molecule has 0 bridgehead atoms. The molecule has 2 N–H and O–H groups in total. The molecule has 0 fully saturated rings. The molecule has 0 aliphatic carbocycles. The van der Waals surface area contributed by atoms with Gasteiger partial charge in [-0.3, -0.25) is 9.89 Å². The molecule has 23 heavy (non-hydrogen) atoms. The smallest absolute Gasteiger partial charge is 0.259 e. The molecule has 8 nitrogen and oxygen atoms in total. The number of carbonyl (C=O) groups is 1. The third-order valence-electron chi connectivity index (χ3n) is 3.37. The number of anilines is 1. The molecule has 0 radical (unpaired) electrons. The maximum atomic E-state index is 12.4. The summed E-state index contributed by atoms with van der Waals surface area (Å²) in [7, 11) is 1.70. The molecule has 2 aromatic heterocycles. The highest BCUT2D eigenvalue weighted by atomic mass is 16.1. The molecule has 0 unspecified atom stereocenters. The van der Waals surface area contributed by atoms with Crippen LogP contribution in [0.25, 0.3) is 17.5 Å². The van der Waals surface area contributed by atoms with Crippen molar-refractivity contribution in [2.45, 2.75) is 6.92 Å². The number of amides is 1. The largest absolute Gasteiger partial charge is 0.322 e. The lowest BCUT2D eigenvalue weighted by Gasteiger charge is -2.09. The predicted molar refractivity (Wildman–Crippen MR) is 85.6 cm³/mol. The fraction of sp³-hybridized carbons (Fsp3) is 0.133. The quantitative estimate of drug-likeness (QED) is 0.765. The second-order valence-electron chi connectivity index (χ2n) is 4.99. The second-order valence-corrected chi connectivity index (χ2v) is 4.99. The summed E-state index contributed by atoms with van der Waals surface area (Å²) in [6, 6.07) is 5.60. The van der Waals surface area contributed by atoms with E-state index in [-0.39, 0.29) is 5.91 Å². The number of nitrogens with zero attached hydrogens (tertiary/aromatic N) is 5. The van der Waals surface area contributed by atoms with E-state index in [1.54, 1.807) is 13.1 Å². The maximum Gasteiger partial charge on any atom is 0.259 e. The topological polar surface area (TPSA) is 101 Å². The Balaban J connectivity index is 1.90. The highest BCUT2D eigenvalue weighted by Crippen LogP contribution is 2.23. The zero-order chi connectivity index (χ0) is 16.4. The van der Waals surface area contributed by atoms with Crippen LogP contribution in [-0.4, -0.2) is 36.3 Å². The number of rotatable bonds is 4. The Bertz CT molecular complexity index is 878. The van der Waals surface area contributed by atoms with Gasteiger partial charge >= 0.3 is 0 Å². The van der Waals surface area contributed by atoms with E-state index < -0.39 is 0 Å². The number of benzene rings is 1. The van der Waals surface area contributed by atoms with Gasteiger partial charge in [-0.15, -0.1) is 10.2 Å². The van der Waals surface area contributed by atoms with Gasteiger partial charge in [0.05, 0.1) is 24.5 Å². The standard InChI is InChI=1S/C15H15N7O/c1-4-12-11(8-16-18-12)15(23)17-13-7-10(6-5-9(13)2)14-19-21-22(3)20-14/h4-8H,1H2,2-3H3,(H,16,18)(H,17,23). The van der Waals surface area contributed by atoms with Gasteiger partial charge < -0.3 is 5.32 Å². The number of nitrogens with one attached hydrogen (secondary N) is 2. The zero-order valence-corrected chi connectivity index (χ0v) is 12.7. The Hall–Kier alpha value is -3.29. The lowest BCUT2D eigenvalue weighted by atomic mass is 10.1. The van der Waals surface area contributed by atoms with Gasteiger partial charge in [-0.1, -0.05) is 18.7 Å². The third-order valence-corrected chi connectivity index (χ3v) is 3.37. The average Bonchev–Trinajstić information content (AvgIpc) is 3.18. The summed E-state index contributed by atoms with van der Waals surface area (Å²) in [6.45, 7) is 5.56. The number of aromatic nitrogens is 6. The van der Waals surface area contributed by atoms with Gasteiger partial charge in [-0.2, -0.15) is 9.90 Å². The molecule has 0 aliphatic rings. The molecule has 8 heteroatoms. The number of tetrazole rings is 1. The van der Waals surface area contributed by atoms with Gasteiger partial charge in [0.15, 0.2) is 0 Å². The highest BCUT2D eigenvalue weighted by Gasteiger charge is 2.14. The van der Waals surface area contributed by atoms with E-state index in [0.29, 0.717) is 22.8 Å². The SMILES string of the molecule is C=Cc1[nH]ncc1C(=O)Nc1cc(-c2nnn(C)n2)ccc1C. The van der Waals surface area contributed by atoms with Crippen molar-refractivity contribution in [3.8, 4) is 11.4 Å². The van der Waals surface area contributed by atoms with Crippen LogP contribution in [-0.2, 0) is 7.05 Å². The van der Waals surface area contributed by atoms with Crippen LogP contribution in [0.15, 0.2) is 31.0 Å². The van der Waals surface area contributed by atoms with Crippen molar-refractivity contribution in [3.63, 3.8) is 0 Å². The lowest BCUT2D eigenvalue weighted by Crippen LogP contribution is -2.13. The van der Waals surface area contributed by atoms with Crippen LogP contribution in [0.4, 0.5) is 5.69 Å². The van der Waals surface area contributed by atoms with Crippen molar-refractivity contribution in [1.29, 1.82) is 0 Å². The van der Waals surface area contributed by atoms with Crippen LogP contribution >= 0.6 is 0 Å². The molecule has 2 heterocycles. The lowest BCUT2D eigenvalue weighted by molar-refractivity contribution is 0.102. The molecule has 116 valence electrons. The number of hydrogen-bond acceptors (Lipinski definition) is 5. The van der Waals surface area contributed by atoms with Gasteiger partial charge in [0.1, 0.15) is 0 Å². The minimum Gasteiger partial charge on any atom is -0.322 e. The van der Waals surface area contributed by atoms with E-state index in [2.05, 4.69) is 37.5 Å². The van der Waals surface area contributed by atoms with Gasteiger partial charge in [0.25, 0.3) is 5.91 Å². The first kappa shape index (κ1) is 14.6. The van der Waals surface area contributed by atoms with Crippen LogP contribution in [0.2, 0.25) is 0 Å². The molecule has 0 saturated heterocycles. The molecule has 0 atom stereocenters. The Morgan fingerprint density at radius 2 is 2.26 bits per heavy atom. The first-order chi connectivity index (χ1) is 11.1. The molecule has 1 amide bonds. The van der Waals surface area contributed by atoms with Crippen molar-refractivity contribution >= 4 is 17.7 Å². The molecule has 0 spiro atoms. The monoisotopic (exact) mass is 309 g/mol. The normalized spacial score (nSPS) is 10.5. The maximum absolute atomic E-state index is 12.4. The van der Waals surface area contributed by atoms with Crippen LogP contribution < -0.4 is 5.32 Å². The average molecular weight is 309 g/mol. The molecule has 0 aliphatic heterocycles.